The number of hydrogen-bond donors (Lipinski definition) is 0. The summed E-state index contributed by atoms with van der Waals surface area (Å²) in [6, 6.07) is 6.80. The summed E-state index contributed by atoms with van der Waals surface area (Å²) in [4.78, 5) is 10.7. The van der Waals surface area contributed by atoms with Crippen LogP contribution in [0.25, 0.3) is 0 Å². The second-order valence-corrected chi connectivity index (χ2v) is 2.62. The molecule has 0 aromatic heterocycles. The van der Waals surface area contributed by atoms with Gasteiger partial charge in [-0.3, -0.25) is 4.79 Å². The largest absolute Gasteiger partial charge is 0.467 e. The Hall–Kier alpha value is -1.55. The van der Waals surface area contributed by atoms with Crippen LogP contribution >= 0.6 is 0 Å². The maximum absolute atomic E-state index is 10.7. The molecule has 0 aliphatic rings. The Morgan fingerprint density at radius 3 is 2.71 bits per heavy atom. The van der Waals surface area contributed by atoms with Crippen molar-refractivity contribution in [1.29, 1.82) is 0 Å². The van der Waals surface area contributed by atoms with Gasteiger partial charge in [-0.1, -0.05) is 6.07 Å². The van der Waals surface area contributed by atoms with Gasteiger partial charge >= 0.3 is 5.97 Å². The van der Waals surface area contributed by atoms with Crippen LogP contribution in [0, 0.1) is 0 Å². The number of carbonyl (C=O) groups is 1. The van der Waals surface area contributed by atoms with Crippen molar-refractivity contribution >= 4 is 5.97 Å². The third-order valence-electron chi connectivity index (χ3n) is 1.41. The Morgan fingerprint density at radius 1 is 1.36 bits per heavy atom. The maximum Gasteiger partial charge on any atom is 0.308 e. The fraction of sp³-hybridized carbons (Fsp3) is 0.300. The zero-order chi connectivity index (χ0) is 10.4. The molecule has 1 aromatic carbocycles. The molecule has 0 fully saturated rings. The van der Waals surface area contributed by atoms with Gasteiger partial charge in [0.2, 0.25) is 0 Å². The van der Waals surface area contributed by atoms with E-state index < -0.39 is 0 Å². The molecule has 0 bridgehead atoms. The van der Waals surface area contributed by atoms with Crippen molar-refractivity contribution in [3.8, 4) is 11.5 Å². The van der Waals surface area contributed by atoms with E-state index in [-0.39, 0.29) is 12.8 Å². The van der Waals surface area contributed by atoms with Crippen molar-refractivity contribution in [3.63, 3.8) is 0 Å². The van der Waals surface area contributed by atoms with Gasteiger partial charge in [-0.15, -0.1) is 0 Å². The van der Waals surface area contributed by atoms with E-state index in [4.69, 9.17) is 14.2 Å². The highest BCUT2D eigenvalue weighted by molar-refractivity contribution is 5.69. The van der Waals surface area contributed by atoms with E-state index in [1.54, 1.807) is 24.3 Å². The van der Waals surface area contributed by atoms with E-state index in [1.807, 2.05) is 0 Å². The molecule has 0 radical (unpaired) electrons. The lowest BCUT2D eigenvalue weighted by Gasteiger charge is -2.06. The summed E-state index contributed by atoms with van der Waals surface area (Å²) < 4.78 is 14.8. The molecule has 1 aromatic rings. The van der Waals surface area contributed by atoms with Crippen molar-refractivity contribution in [1.82, 2.24) is 0 Å². The lowest BCUT2D eigenvalue weighted by Crippen LogP contribution is -2.02. The van der Waals surface area contributed by atoms with Crippen LogP contribution in [0.1, 0.15) is 6.92 Å². The lowest BCUT2D eigenvalue weighted by atomic mass is 10.3. The minimum atomic E-state index is -0.353. The van der Waals surface area contributed by atoms with Gasteiger partial charge in [0.15, 0.2) is 6.79 Å². The van der Waals surface area contributed by atoms with E-state index in [9.17, 15) is 4.79 Å². The van der Waals surface area contributed by atoms with Gasteiger partial charge in [0.25, 0.3) is 0 Å². The van der Waals surface area contributed by atoms with Crippen molar-refractivity contribution in [2.45, 2.75) is 6.92 Å². The minimum Gasteiger partial charge on any atom is -0.467 e. The number of rotatable bonds is 4. The Bertz CT molecular complexity index is 309. The molecule has 76 valence electrons. The highest BCUT2D eigenvalue weighted by atomic mass is 16.7. The summed E-state index contributed by atoms with van der Waals surface area (Å²) >= 11 is 0. The molecular formula is C10H12O4. The van der Waals surface area contributed by atoms with E-state index >= 15 is 0 Å². The summed E-state index contributed by atoms with van der Waals surface area (Å²) in [6.45, 7) is 1.52. The Balaban J connectivity index is 2.63. The van der Waals surface area contributed by atoms with Crippen molar-refractivity contribution in [2.24, 2.45) is 0 Å². The van der Waals surface area contributed by atoms with Gasteiger partial charge in [-0.05, 0) is 12.1 Å². The van der Waals surface area contributed by atoms with Crippen molar-refractivity contribution < 1.29 is 19.0 Å². The summed E-state index contributed by atoms with van der Waals surface area (Å²) in [5.74, 6) is 0.714. The van der Waals surface area contributed by atoms with E-state index in [0.29, 0.717) is 11.5 Å². The van der Waals surface area contributed by atoms with Crippen LogP contribution in [0.15, 0.2) is 24.3 Å². The summed E-state index contributed by atoms with van der Waals surface area (Å²) in [5, 5.41) is 0. The monoisotopic (exact) mass is 196 g/mol. The molecule has 0 aliphatic carbocycles. The smallest absolute Gasteiger partial charge is 0.308 e. The molecule has 0 heterocycles. The third kappa shape index (κ3) is 3.45. The second kappa shape index (κ2) is 5.24. The second-order valence-electron chi connectivity index (χ2n) is 2.62. The molecule has 4 heteroatoms. The molecule has 14 heavy (non-hydrogen) atoms. The van der Waals surface area contributed by atoms with Crippen molar-refractivity contribution in [2.75, 3.05) is 13.9 Å². The molecule has 1 rings (SSSR count). The van der Waals surface area contributed by atoms with Crippen LogP contribution in [0.5, 0.6) is 11.5 Å². The average Bonchev–Trinajstić information content (AvgIpc) is 2.14. The summed E-state index contributed by atoms with van der Waals surface area (Å²) in [7, 11) is 1.54. The fourth-order valence-corrected chi connectivity index (χ4v) is 0.920. The van der Waals surface area contributed by atoms with Gasteiger partial charge in [-0.2, -0.15) is 0 Å². The molecule has 0 spiro atoms. The molecule has 4 nitrogen and oxygen atoms in total. The normalized spacial score (nSPS) is 9.57. The van der Waals surface area contributed by atoms with Crippen LogP contribution in [0.3, 0.4) is 0 Å². The van der Waals surface area contributed by atoms with Crippen LogP contribution < -0.4 is 9.47 Å². The topological polar surface area (TPSA) is 44.8 Å². The van der Waals surface area contributed by atoms with Crippen LogP contribution in [-0.2, 0) is 9.53 Å². The average molecular weight is 196 g/mol. The van der Waals surface area contributed by atoms with Gasteiger partial charge < -0.3 is 14.2 Å². The summed E-state index contributed by atoms with van der Waals surface area (Å²) in [6.07, 6.45) is 0. The lowest BCUT2D eigenvalue weighted by molar-refractivity contribution is -0.131. The zero-order valence-corrected chi connectivity index (χ0v) is 8.15. The predicted molar refractivity (Wildman–Crippen MR) is 50.3 cm³/mol. The minimum absolute atomic E-state index is 0.170. The Kier molecular flexibility index (Phi) is 3.94. The Morgan fingerprint density at radius 2 is 2.07 bits per heavy atom. The number of methoxy groups -OCH3 is 1. The predicted octanol–water partition coefficient (Wildman–Crippen LogP) is 1.59. The summed E-state index contributed by atoms with van der Waals surface area (Å²) in [5.41, 5.74) is 0. The van der Waals surface area contributed by atoms with E-state index in [2.05, 4.69) is 0 Å². The highest BCUT2D eigenvalue weighted by Crippen LogP contribution is 2.19. The fourth-order valence-electron chi connectivity index (χ4n) is 0.920. The number of carbonyl (C=O) groups excluding carboxylic acids is 1. The van der Waals surface area contributed by atoms with Crippen molar-refractivity contribution in [3.05, 3.63) is 24.3 Å². The number of esters is 1. The third-order valence-corrected chi connectivity index (χ3v) is 1.41. The SMILES string of the molecule is COCOc1cccc(OC(C)=O)c1. The molecule has 0 atom stereocenters. The van der Waals surface area contributed by atoms with Gasteiger partial charge in [0.05, 0.1) is 0 Å². The molecule has 0 saturated carbocycles. The maximum atomic E-state index is 10.7. The van der Waals surface area contributed by atoms with E-state index in [1.165, 1.54) is 14.0 Å². The van der Waals surface area contributed by atoms with Gasteiger partial charge in [0.1, 0.15) is 11.5 Å². The number of hydrogen-bond acceptors (Lipinski definition) is 4. The Labute approximate surface area is 82.4 Å². The first-order chi connectivity index (χ1) is 6.72. The quantitative estimate of drug-likeness (QED) is 0.417. The van der Waals surface area contributed by atoms with Gasteiger partial charge in [0, 0.05) is 20.1 Å². The first kappa shape index (κ1) is 10.5. The van der Waals surface area contributed by atoms with Crippen LogP contribution in [0.2, 0.25) is 0 Å². The van der Waals surface area contributed by atoms with Crippen LogP contribution in [0.4, 0.5) is 0 Å². The molecule has 0 unspecified atom stereocenters. The zero-order valence-electron chi connectivity index (χ0n) is 8.15. The first-order valence-electron chi connectivity index (χ1n) is 4.12. The standard InChI is InChI=1S/C10H12O4/c1-8(11)14-10-5-3-4-9(6-10)13-7-12-2/h3-6H,7H2,1-2H3. The van der Waals surface area contributed by atoms with Crippen LogP contribution in [-0.4, -0.2) is 19.9 Å². The number of benzene rings is 1. The molecular weight excluding hydrogens is 184 g/mol. The molecule has 0 saturated heterocycles. The first-order valence-corrected chi connectivity index (χ1v) is 4.12. The molecule has 0 N–H and O–H groups in total. The molecule has 0 aliphatic heterocycles. The number of ether oxygens (including phenoxy) is 3. The molecule has 0 amide bonds. The highest BCUT2D eigenvalue weighted by Gasteiger charge is 1.99. The van der Waals surface area contributed by atoms with E-state index in [0.717, 1.165) is 0 Å². The van der Waals surface area contributed by atoms with Gasteiger partial charge in [-0.25, -0.2) is 0 Å².